The molecule has 2 rings (SSSR count). The standard InChI is InChI=1S/C12H14N4O3/c1-9-3-4-10(7-11(9)16(17)18)12-14-13-8-15(12)5-6-19-2/h3-4,7-8H,5-6H2,1-2H3. The van der Waals surface area contributed by atoms with Crippen molar-refractivity contribution in [2.75, 3.05) is 13.7 Å². The summed E-state index contributed by atoms with van der Waals surface area (Å²) in [6.45, 7) is 2.83. The van der Waals surface area contributed by atoms with Gasteiger partial charge in [0.25, 0.3) is 5.69 Å². The normalized spacial score (nSPS) is 10.6. The van der Waals surface area contributed by atoms with Crippen LogP contribution in [0.4, 0.5) is 5.69 Å². The molecule has 0 aliphatic heterocycles. The van der Waals surface area contributed by atoms with E-state index in [1.807, 2.05) is 0 Å². The van der Waals surface area contributed by atoms with Crippen LogP contribution in [-0.4, -0.2) is 33.4 Å². The van der Waals surface area contributed by atoms with Gasteiger partial charge in [0.05, 0.1) is 11.5 Å². The van der Waals surface area contributed by atoms with Crippen molar-refractivity contribution < 1.29 is 9.66 Å². The summed E-state index contributed by atoms with van der Waals surface area (Å²) < 4.78 is 6.81. The molecule has 7 heteroatoms. The van der Waals surface area contributed by atoms with Gasteiger partial charge in [0.2, 0.25) is 0 Å². The van der Waals surface area contributed by atoms with Crippen LogP contribution >= 0.6 is 0 Å². The molecule has 0 saturated heterocycles. The van der Waals surface area contributed by atoms with E-state index in [2.05, 4.69) is 10.2 Å². The van der Waals surface area contributed by atoms with Gasteiger partial charge in [-0.2, -0.15) is 0 Å². The van der Waals surface area contributed by atoms with E-state index in [1.165, 1.54) is 6.07 Å². The fraction of sp³-hybridized carbons (Fsp3) is 0.333. The van der Waals surface area contributed by atoms with Crippen LogP contribution in [-0.2, 0) is 11.3 Å². The van der Waals surface area contributed by atoms with Gasteiger partial charge < -0.3 is 9.30 Å². The van der Waals surface area contributed by atoms with Crippen molar-refractivity contribution in [2.45, 2.75) is 13.5 Å². The average Bonchev–Trinajstić information content (AvgIpc) is 2.85. The second-order valence-electron chi connectivity index (χ2n) is 4.10. The van der Waals surface area contributed by atoms with Crippen LogP contribution in [0.25, 0.3) is 11.4 Å². The van der Waals surface area contributed by atoms with Gasteiger partial charge in [-0.1, -0.05) is 12.1 Å². The Labute approximate surface area is 110 Å². The molecule has 0 atom stereocenters. The highest BCUT2D eigenvalue weighted by Gasteiger charge is 2.14. The van der Waals surface area contributed by atoms with Crippen molar-refractivity contribution in [1.82, 2.24) is 14.8 Å². The first-order valence-corrected chi connectivity index (χ1v) is 5.75. The van der Waals surface area contributed by atoms with Crippen LogP contribution in [0.1, 0.15) is 5.56 Å². The highest BCUT2D eigenvalue weighted by molar-refractivity contribution is 5.61. The Bertz CT molecular complexity index is 594. The van der Waals surface area contributed by atoms with E-state index in [0.29, 0.717) is 30.1 Å². The van der Waals surface area contributed by atoms with Gasteiger partial charge >= 0.3 is 0 Å². The van der Waals surface area contributed by atoms with E-state index in [4.69, 9.17) is 4.74 Å². The Morgan fingerprint density at radius 2 is 2.26 bits per heavy atom. The first-order valence-electron chi connectivity index (χ1n) is 5.75. The molecule has 0 radical (unpaired) electrons. The number of hydrogen-bond donors (Lipinski definition) is 0. The van der Waals surface area contributed by atoms with Gasteiger partial charge in [0.15, 0.2) is 5.82 Å². The van der Waals surface area contributed by atoms with Gasteiger partial charge in [0, 0.05) is 30.8 Å². The highest BCUT2D eigenvalue weighted by Crippen LogP contribution is 2.25. The summed E-state index contributed by atoms with van der Waals surface area (Å²) in [5.41, 5.74) is 1.38. The molecule has 100 valence electrons. The first-order chi connectivity index (χ1) is 9.13. The number of aromatic nitrogens is 3. The van der Waals surface area contributed by atoms with Crippen molar-refractivity contribution in [3.8, 4) is 11.4 Å². The molecule has 19 heavy (non-hydrogen) atoms. The molecule has 0 bridgehead atoms. The van der Waals surface area contributed by atoms with E-state index in [-0.39, 0.29) is 5.69 Å². The summed E-state index contributed by atoms with van der Waals surface area (Å²) in [4.78, 5) is 10.5. The lowest BCUT2D eigenvalue weighted by atomic mass is 10.1. The summed E-state index contributed by atoms with van der Waals surface area (Å²) >= 11 is 0. The molecule has 0 aliphatic carbocycles. The SMILES string of the molecule is COCCn1cnnc1-c1ccc(C)c([N+](=O)[O-])c1. The van der Waals surface area contributed by atoms with E-state index in [1.54, 1.807) is 37.1 Å². The van der Waals surface area contributed by atoms with E-state index in [9.17, 15) is 10.1 Å². The quantitative estimate of drug-likeness (QED) is 0.606. The average molecular weight is 262 g/mol. The van der Waals surface area contributed by atoms with Crippen LogP contribution < -0.4 is 0 Å². The summed E-state index contributed by atoms with van der Waals surface area (Å²) in [6.07, 6.45) is 1.58. The molecule has 0 saturated carbocycles. The molecular weight excluding hydrogens is 248 g/mol. The molecular formula is C12H14N4O3. The largest absolute Gasteiger partial charge is 0.383 e. The molecule has 2 aromatic rings. The molecule has 0 fully saturated rings. The van der Waals surface area contributed by atoms with Crippen molar-refractivity contribution in [3.05, 3.63) is 40.2 Å². The first kappa shape index (κ1) is 13.2. The zero-order chi connectivity index (χ0) is 13.8. The number of rotatable bonds is 5. The Morgan fingerprint density at radius 3 is 2.95 bits per heavy atom. The fourth-order valence-corrected chi connectivity index (χ4v) is 1.78. The summed E-state index contributed by atoms with van der Waals surface area (Å²) in [5.74, 6) is 0.597. The molecule has 0 N–H and O–H groups in total. The molecule has 1 heterocycles. The number of ether oxygens (including phenoxy) is 1. The highest BCUT2D eigenvalue weighted by atomic mass is 16.6. The van der Waals surface area contributed by atoms with Crippen LogP contribution in [0.3, 0.4) is 0 Å². The Hall–Kier alpha value is -2.28. The Morgan fingerprint density at radius 1 is 1.47 bits per heavy atom. The van der Waals surface area contributed by atoms with Crippen molar-refractivity contribution >= 4 is 5.69 Å². The van der Waals surface area contributed by atoms with Gasteiger partial charge in [-0.25, -0.2) is 0 Å². The molecule has 1 aromatic carbocycles. The zero-order valence-electron chi connectivity index (χ0n) is 10.7. The number of methoxy groups -OCH3 is 1. The maximum absolute atomic E-state index is 10.9. The maximum atomic E-state index is 10.9. The lowest BCUT2D eigenvalue weighted by Crippen LogP contribution is -2.05. The van der Waals surface area contributed by atoms with Crippen molar-refractivity contribution in [3.63, 3.8) is 0 Å². The van der Waals surface area contributed by atoms with Crippen molar-refractivity contribution in [1.29, 1.82) is 0 Å². The lowest BCUT2D eigenvalue weighted by Gasteiger charge is -2.06. The smallest absolute Gasteiger partial charge is 0.273 e. The zero-order valence-corrected chi connectivity index (χ0v) is 10.7. The molecule has 1 aromatic heterocycles. The van der Waals surface area contributed by atoms with E-state index < -0.39 is 4.92 Å². The van der Waals surface area contributed by atoms with Crippen LogP contribution in [0, 0.1) is 17.0 Å². The Kier molecular flexibility index (Phi) is 3.86. The number of hydrogen-bond acceptors (Lipinski definition) is 5. The van der Waals surface area contributed by atoms with Gasteiger partial charge in [-0.3, -0.25) is 10.1 Å². The second kappa shape index (κ2) is 5.57. The Balaban J connectivity index is 2.39. The monoisotopic (exact) mass is 262 g/mol. The minimum atomic E-state index is -0.394. The fourth-order valence-electron chi connectivity index (χ4n) is 1.78. The summed E-state index contributed by atoms with van der Waals surface area (Å²) in [6, 6.07) is 5.03. The molecule has 7 nitrogen and oxygen atoms in total. The molecule has 0 amide bonds. The number of aryl methyl sites for hydroxylation is 1. The third kappa shape index (κ3) is 2.76. The topological polar surface area (TPSA) is 83.1 Å². The summed E-state index contributed by atoms with van der Waals surface area (Å²) in [5, 5.41) is 18.8. The third-order valence-corrected chi connectivity index (χ3v) is 2.82. The number of nitrogens with zero attached hydrogens (tertiary/aromatic N) is 4. The molecule has 0 aliphatic rings. The van der Waals surface area contributed by atoms with Gasteiger partial charge in [-0.15, -0.1) is 10.2 Å². The predicted molar refractivity (Wildman–Crippen MR) is 68.7 cm³/mol. The summed E-state index contributed by atoms with van der Waals surface area (Å²) in [7, 11) is 1.61. The minimum Gasteiger partial charge on any atom is -0.383 e. The number of benzene rings is 1. The molecule has 0 unspecified atom stereocenters. The maximum Gasteiger partial charge on any atom is 0.273 e. The van der Waals surface area contributed by atoms with Crippen LogP contribution in [0.15, 0.2) is 24.5 Å². The third-order valence-electron chi connectivity index (χ3n) is 2.82. The van der Waals surface area contributed by atoms with Gasteiger partial charge in [-0.05, 0) is 6.92 Å². The second-order valence-corrected chi connectivity index (χ2v) is 4.10. The van der Waals surface area contributed by atoms with Crippen molar-refractivity contribution in [2.24, 2.45) is 0 Å². The predicted octanol–water partition coefficient (Wildman–Crippen LogP) is 1.81. The van der Waals surface area contributed by atoms with Gasteiger partial charge in [0.1, 0.15) is 6.33 Å². The minimum absolute atomic E-state index is 0.0822. The van der Waals surface area contributed by atoms with Crippen LogP contribution in [0.2, 0.25) is 0 Å². The number of nitro benzene ring substituents is 1. The number of nitro groups is 1. The lowest BCUT2D eigenvalue weighted by molar-refractivity contribution is -0.385. The molecule has 0 spiro atoms. The van der Waals surface area contributed by atoms with E-state index in [0.717, 1.165) is 0 Å². The van der Waals surface area contributed by atoms with Crippen LogP contribution in [0.5, 0.6) is 0 Å². The van der Waals surface area contributed by atoms with E-state index >= 15 is 0 Å².